The molecule has 0 aliphatic carbocycles. The van der Waals surface area contributed by atoms with Gasteiger partial charge >= 0.3 is 0 Å². The van der Waals surface area contributed by atoms with E-state index in [1.807, 2.05) is 4.90 Å². The van der Waals surface area contributed by atoms with Crippen LogP contribution in [0, 0.1) is 0 Å². The van der Waals surface area contributed by atoms with Crippen molar-refractivity contribution in [3.05, 3.63) is 12.1 Å². The van der Waals surface area contributed by atoms with Gasteiger partial charge in [-0.25, -0.2) is 4.39 Å². The molecule has 1 atom stereocenters. The molecule has 0 saturated carbocycles. The minimum atomic E-state index is -0.737. The molecule has 1 saturated heterocycles. The molecular weight excluding hydrogens is 185 g/mol. The van der Waals surface area contributed by atoms with Crippen molar-refractivity contribution in [2.45, 2.75) is 12.6 Å². The lowest BCUT2D eigenvalue weighted by molar-refractivity contribution is 0.364. The summed E-state index contributed by atoms with van der Waals surface area (Å²) in [5, 5.41) is 7.78. The first kappa shape index (κ1) is 9.18. The number of ether oxygens (including phenoxy) is 1. The molecule has 14 heavy (non-hydrogen) atoms. The van der Waals surface area contributed by atoms with Crippen molar-refractivity contribution in [1.29, 1.82) is 0 Å². The summed E-state index contributed by atoms with van der Waals surface area (Å²) in [5.74, 6) is 1.19. The smallest absolute Gasteiger partial charge is 0.233 e. The Hall–Kier alpha value is -1.39. The molecule has 5 heteroatoms. The highest BCUT2D eigenvalue weighted by atomic mass is 19.1. The van der Waals surface area contributed by atoms with E-state index in [4.69, 9.17) is 4.74 Å². The average molecular weight is 197 g/mol. The predicted molar refractivity (Wildman–Crippen MR) is 50.3 cm³/mol. The molecule has 1 aliphatic heterocycles. The second kappa shape index (κ2) is 3.77. The summed E-state index contributed by atoms with van der Waals surface area (Å²) < 4.78 is 17.8. The summed E-state index contributed by atoms with van der Waals surface area (Å²) in [4.78, 5) is 1.89. The van der Waals surface area contributed by atoms with Crippen LogP contribution >= 0.6 is 0 Å². The van der Waals surface area contributed by atoms with Gasteiger partial charge in [-0.3, -0.25) is 0 Å². The molecule has 4 nitrogen and oxygen atoms in total. The molecule has 0 bridgehead atoms. The number of methoxy groups -OCH3 is 1. The van der Waals surface area contributed by atoms with Crippen LogP contribution < -0.4 is 9.64 Å². The molecule has 1 aromatic rings. The molecule has 0 spiro atoms. The molecule has 1 aliphatic rings. The summed E-state index contributed by atoms with van der Waals surface area (Å²) >= 11 is 0. The maximum atomic E-state index is 12.9. The normalized spacial score (nSPS) is 21.3. The van der Waals surface area contributed by atoms with Crippen LogP contribution in [-0.2, 0) is 0 Å². The molecule has 1 aromatic heterocycles. The van der Waals surface area contributed by atoms with Gasteiger partial charge in [-0.15, -0.1) is 10.2 Å². The monoisotopic (exact) mass is 197 g/mol. The lowest BCUT2D eigenvalue weighted by Gasteiger charge is -2.14. The Labute approximate surface area is 81.7 Å². The Morgan fingerprint density at radius 1 is 1.50 bits per heavy atom. The Balaban J connectivity index is 2.09. The zero-order chi connectivity index (χ0) is 9.97. The second-order valence-electron chi connectivity index (χ2n) is 3.27. The Morgan fingerprint density at radius 3 is 2.86 bits per heavy atom. The highest BCUT2D eigenvalue weighted by Crippen LogP contribution is 2.19. The molecule has 0 unspecified atom stereocenters. The first-order chi connectivity index (χ1) is 6.79. The third kappa shape index (κ3) is 1.76. The predicted octanol–water partition coefficient (Wildman–Crippen LogP) is 1.03. The first-order valence-corrected chi connectivity index (χ1v) is 4.56. The third-order valence-corrected chi connectivity index (χ3v) is 2.29. The van der Waals surface area contributed by atoms with Gasteiger partial charge in [0.05, 0.1) is 13.7 Å². The summed E-state index contributed by atoms with van der Waals surface area (Å²) in [5.41, 5.74) is 0. The van der Waals surface area contributed by atoms with E-state index < -0.39 is 6.17 Å². The first-order valence-electron chi connectivity index (χ1n) is 4.56. The Morgan fingerprint density at radius 2 is 2.36 bits per heavy atom. The molecule has 0 aromatic carbocycles. The van der Waals surface area contributed by atoms with Gasteiger partial charge in [0.1, 0.15) is 6.17 Å². The van der Waals surface area contributed by atoms with Crippen molar-refractivity contribution in [2.75, 3.05) is 25.1 Å². The van der Waals surface area contributed by atoms with E-state index in [0.717, 1.165) is 0 Å². The van der Waals surface area contributed by atoms with Gasteiger partial charge in [0.2, 0.25) is 5.88 Å². The Bertz CT molecular complexity index is 303. The number of rotatable bonds is 2. The van der Waals surface area contributed by atoms with Crippen molar-refractivity contribution in [3.8, 4) is 5.88 Å². The van der Waals surface area contributed by atoms with Crippen molar-refractivity contribution in [2.24, 2.45) is 0 Å². The highest BCUT2D eigenvalue weighted by molar-refractivity contribution is 5.39. The topological polar surface area (TPSA) is 38.2 Å². The third-order valence-electron chi connectivity index (χ3n) is 2.29. The lowest BCUT2D eigenvalue weighted by Crippen LogP contribution is -2.21. The van der Waals surface area contributed by atoms with Crippen molar-refractivity contribution in [1.82, 2.24) is 10.2 Å². The average Bonchev–Trinajstić information content (AvgIpc) is 2.65. The SMILES string of the molecule is COc1ccc(N2CC[C@H](F)C2)nn1. The zero-order valence-electron chi connectivity index (χ0n) is 7.98. The maximum absolute atomic E-state index is 12.9. The van der Waals surface area contributed by atoms with Crippen LogP contribution in [0.4, 0.5) is 10.2 Å². The Kier molecular flexibility index (Phi) is 2.47. The van der Waals surface area contributed by atoms with Gasteiger partial charge in [0.15, 0.2) is 5.82 Å². The van der Waals surface area contributed by atoms with Gasteiger partial charge < -0.3 is 9.64 Å². The van der Waals surface area contributed by atoms with Gasteiger partial charge in [0, 0.05) is 12.6 Å². The summed E-state index contributed by atoms with van der Waals surface area (Å²) in [6.07, 6.45) is -0.160. The van der Waals surface area contributed by atoms with E-state index in [1.54, 1.807) is 12.1 Å². The summed E-state index contributed by atoms with van der Waals surface area (Å²) in [6.45, 7) is 1.13. The largest absolute Gasteiger partial charge is 0.480 e. The fraction of sp³-hybridized carbons (Fsp3) is 0.556. The second-order valence-corrected chi connectivity index (χ2v) is 3.27. The minimum absolute atomic E-state index is 0.418. The standard InChI is InChI=1S/C9H12FN3O/c1-14-9-3-2-8(11-12-9)13-5-4-7(10)6-13/h2-3,7H,4-6H2,1H3/t7-/m0/s1. The van der Waals surface area contributed by atoms with Gasteiger partial charge in [0.25, 0.3) is 0 Å². The van der Waals surface area contributed by atoms with Gasteiger partial charge in [-0.2, -0.15) is 0 Å². The van der Waals surface area contributed by atoms with E-state index in [1.165, 1.54) is 7.11 Å². The van der Waals surface area contributed by atoms with Gasteiger partial charge in [-0.05, 0) is 12.5 Å². The lowest BCUT2D eigenvalue weighted by atomic mass is 10.3. The van der Waals surface area contributed by atoms with Crippen molar-refractivity contribution < 1.29 is 9.13 Å². The van der Waals surface area contributed by atoms with Crippen LogP contribution in [0.25, 0.3) is 0 Å². The maximum Gasteiger partial charge on any atom is 0.233 e. The molecule has 2 rings (SSSR count). The van der Waals surface area contributed by atoms with Crippen LogP contribution in [0.3, 0.4) is 0 Å². The number of hydrogen-bond acceptors (Lipinski definition) is 4. The molecule has 2 heterocycles. The quantitative estimate of drug-likeness (QED) is 0.709. The van der Waals surface area contributed by atoms with Crippen LogP contribution in [-0.4, -0.2) is 36.6 Å². The van der Waals surface area contributed by atoms with E-state index in [-0.39, 0.29) is 0 Å². The summed E-state index contributed by atoms with van der Waals surface area (Å²) in [6, 6.07) is 3.53. The van der Waals surface area contributed by atoms with E-state index in [2.05, 4.69) is 10.2 Å². The fourth-order valence-electron chi connectivity index (χ4n) is 1.52. The van der Waals surface area contributed by atoms with E-state index in [9.17, 15) is 4.39 Å². The van der Waals surface area contributed by atoms with E-state index >= 15 is 0 Å². The minimum Gasteiger partial charge on any atom is -0.480 e. The number of aromatic nitrogens is 2. The number of hydrogen-bond donors (Lipinski definition) is 0. The van der Waals surface area contributed by atoms with Crippen LogP contribution in [0.15, 0.2) is 12.1 Å². The summed E-state index contributed by atoms with van der Waals surface area (Å²) in [7, 11) is 1.54. The molecular formula is C9H12FN3O. The van der Waals surface area contributed by atoms with Gasteiger partial charge in [-0.1, -0.05) is 0 Å². The van der Waals surface area contributed by atoms with Crippen LogP contribution in [0.1, 0.15) is 6.42 Å². The van der Waals surface area contributed by atoms with Crippen molar-refractivity contribution in [3.63, 3.8) is 0 Å². The molecule has 0 amide bonds. The van der Waals surface area contributed by atoms with Crippen molar-refractivity contribution >= 4 is 5.82 Å². The molecule has 76 valence electrons. The fourth-order valence-corrected chi connectivity index (χ4v) is 1.52. The van der Waals surface area contributed by atoms with Crippen LogP contribution in [0.2, 0.25) is 0 Å². The number of alkyl halides is 1. The molecule has 1 fully saturated rings. The number of nitrogens with zero attached hydrogens (tertiary/aromatic N) is 3. The van der Waals surface area contributed by atoms with E-state index in [0.29, 0.717) is 31.2 Å². The van der Waals surface area contributed by atoms with Crippen LogP contribution in [0.5, 0.6) is 5.88 Å². The number of halogens is 1. The molecule has 0 radical (unpaired) electrons. The zero-order valence-corrected chi connectivity index (χ0v) is 7.98. The molecule has 0 N–H and O–H groups in total. The highest BCUT2D eigenvalue weighted by Gasteiger charge is 2.22. The number of anilines is 1.